The number of phenols is 1. The topological polar surface area (TPSA) is 94.8 Å². The molecule has 0 spiro atoms. The zero-order valence-corrected chi connectivity index (χ0v) is 7.95. The van der Waals surface area contributed by atoms with Gasteiger partial charge in [-0.15, -0.1) is 0 Å². The Morgan fingerprint density at radius 1 is 1.00 bits per heavy atom. The molecule has 0 bridgehead atoms. The van der Waals surface area contributed by atoms with Crippen LogP contribution >= 0.6 is 0 Å². The summed E-state index contributed by atoms with van der Waals surface area (Å²) in [5.74, 6) is -5.07. The van der Waals surface area contributed by atoms with Crippen LogP contribution in [0.4, 0.5) is 13.2 Å². The van der Waals surface area contributed by atoms with Crippen molar-refractivity contribution in [3.8, 4) is 5.75 Å². The van der Waals surface area contributed by atoms with Gasteiger partial charge in [-0.2, -0.15) is 13.2 Å². The van der Waals surface area contributed by atoms with Crippen molar-refractivity contribution >= 4 is 11.9 Å². The van der Waals surface area contributed by atoms with Gasteiger partial charge in [-0.3, -0.25) is 0 Å². The van der Waals surface area contributed by atoms with Gasteiger partial charge in [0.15, 0.2) is 0 Å². The van der Waals surface area contributed by atoms with Gasteiger partial charge in [0.1, 0.15) is 11.3 Å². The molecule has 0 heterocycles. The number of alkyl halides is 3. The molecule has 17 heavy (non-hydrogen) atoms. The van der Waals surface area contributed by atoms with Crippen molar-refractivity contribution in [2.45, 2.75) is 6.18 Å². The van der Waals surface area contributed by atoms with Gasteiger partial charge in [0.05, 0.1) is 11.1 Å². The van der Waals surface area contributed by atoms with Crippen LogP contribution < -0.4 is 0 Å². The minimum atomic E-state index is -5.02. The average Bonchev–Trinajstić information content (AvgIpc) is 2.14. The summed E-state index contributed by atoms with van der Waals surface area (Å²) in [5.41, 5.74) is -4.39. The molecular weight excluding hydrogens is 245 g/mol. The number of carbonyl (C=O) groups is 2. The van der Waals surface area contributed by atoms with E-state index in [1.54, 1.807) is 0 Å². The molecule has 0 saturated heterocycles. The predicted molar refractivity (Wildman–Crippen MR) is 47.0 cm³/mol. The van der Waals surface area contributed by atoms with E-state index >= 15 is 0 Å². The third-order valence-electron chi connectivity index (χ3n) is 1.92. The zero-order chi connectivity index (χ0) is 13.4. The Hall–Kier alpha value is -2.25. The van der Waals surface area contributed by atoms with Crippen LogP contribution in [0.5, 0.6) is 5.75 Å². The SMILES string of the molecule is O=C(O)c1c(O)ccc(C(F)(F)F)c1C(=O)O. The number of halogens is 3. The molecular formula is C9H5F3O5. The second-order valence-corrected chi connectivity index (χ2v) is 2.99. The summed E-state index contributed by atoms with van der Waals surface area (Å²) in [4.78, 5) is 21.3. The maximum atomic E-state index is 12.4. The van der Waals surface area contributed by atoms with Crippen molar-refractivity contribution in [3.63, 3.8) is 0 Å². The smallest absolute Gasteiger partial charge is 0.417 e. The van der Waals surface area contributed by atoms with E-state index in [2.05, 4.69) is 0 Å². The predicted octanol–water partition coefficient (Wildman–Crippen LogP) is 1.81. The van der Waals surface area contributed by atoms with Crippen molar-refractivity contribution in [2.75, 3.05) is 0 Å². The molecule has 3 N–H and O–H groups in total. The number of hydrogen-bond donors (Lipinski definition) is 3. The third-order valence-corrected chi connectivity index (χ3v) is 1.92. The number of hydrogen-bond acceptors (Lipinski definition) is 3. The molecule has 0 atom stereocenters. The van der Waals surface area contributed by atoms with E-state index < -0.39 is 40.6 Å². The van der Waals surface area contributed by atoms with Crippen LogP contribution in [0.25, 0.3) is 0 Å². The maximum absolute atomic E-state index is 12.4. The molecule has 0 aliphatic heterocycles. The Bertz CT molecular complexity index is 492. The molecule has 0 aliphatic carbocycles. The number of benzene rings is 1. The fourth-order valence-corrected chi connectivity index (χ4v) is 1.27. The lowest BCUT2D eigenvalue weighted by Crippen LogP contribution is -2.17. The first kappa shape index (κ1) is 12.8. The number of carboxylic acid groups (broad SMARTS) is 2. The van der Waals surface area contributed by atoms with Gasteiger partial charge in [0.25, 0.3) is 0 Å². The molecule has 1 aromatic carbocycles. The highest BCUT2D eigenvalue weighted by Crippen LogP contribution is 2.36. The molecule has 5 nitrogen and oxygen atoms in total. The molecule has 0 radical (unpaired) electrons. The fraction of sp³-hybridized carbons (Fsp3) is 0.111. The first-order chi connectivity index (χ1) is 7.66. The van der Waals surface area contributed by atoms with Gasteiger partial charge in [0.2, 0.25) is 0 Å². The van der Waals surface area contributed by atoms with Crippen LogP contribution in [-0.2, 0) is 6.18 Å². The summed E-state index contributed by atoms with van der Waals surface area (Å²) < 4.78 is 37.3. The minimum absolute atomic E-state index is 0.311. The third kappa shape index (κ3) is 2.30. The molecule has 0 amide bonds. The zero-order valence-electron chi connectivity index (χ0n) is 7.95. The minimum Gasteiger partial charge on any atom is -0.507 e. The van der Waals surface area contributed by atoms with Crippen molar-refractivity contribution < 1.29 is 38.1 Å². The number of rotatable bonds is 2. The molecule has 0 saturated carbocycles. The molecule has 0 aliphatic rings. The van der Waals surface area contributed by atoms with E-state index in [0.29, 0.717) is 12.1 Å². The van der Waals surface area contributed by atoms with Gasteiger partial charge in [0, 0.05) is 0 Å². The summed E-state index contributed by atoms with van der Waals surface area (Å²) >= 11 is 0. The fourth-order valence-electron chi connectivity index (χ4n) is 1.27. The van der Waals surface area contributed by atoms with Gasteiger partial charge >= 0.3 is 18.1 Å². The molecule has 0 aromatic heterocycles. The van der Waals surface area contributed by atoms with Gasteiger partial charge in [-0.25, -0.2) is 9.59 Å². The van der Waals surface area contributed by atoms with Gasteiger partial charge in [-0.1, -0.05) is 0 Å². The first-order valence-electron chi connectivity index (χ1n) is 4.06. The second-order valence-electron chi connectivity index (χ2n) is 2.99. The van der Waals surface area contributed by atoms with Crippen LogP contribution in [0.1, 0.15) is 26.3 Å². The van der Waals surface area contributed by atoms with E-state index in [-0.39, 0.29) is 0 Å². The summed E-state index contributed by atoms with van der Waals surface area (Å²) in [6.45, 7) is 0. The Kier molecular flexibility index (Phi) is 2.99. The average molecular weight is 250 g/mol. The van der Waals surface area contributed by atoms with E-state index in [1.807, 2.05) is 0 Å². The van der Waals surface area contributed by atoms with E-state index in [9.17, 15) is 22.8 Å². The molecule has 8 heteroatoms. The van der Waals surface area contributed by atoms with Crippen molar-refractivity contribution in [2.24, 2.45) is 0 Å². The largest absolute Gasteiger partial charge is 0.507 e. The van der Waals surface area contributed by atoms with Crippen LogP contribution in [0, 0.1) is 0 Å². The van der Waals surface area contributed by atoms with E-state index in [0.717, 1.165) is 0 Å². The normalized spacial score (nSPS) is 11.2. The van der Waals surface area contributed by atoms with Crippen molar-refractivity contribution in [1.82, 2.24) is 0 Å². The van der Waals surface area contributed by atoms with Crippen molar-refractivity contribution in [3.05, 3.63) is 28.8 Å². The lowest BCUT2D eigenvalue weighted by atomic mass is 9.99. The number of aromatic hydroxyl groups is 1. The summed E-state index contributed by atoms with van der Waals surface area (Å²) in [6.07, 6.45) is -5.02. The Balaban J connectivity index is 3.72. The summed E-state index contributed by atoms with van der Waals surface area (Å²) in [6, 6.07) is 0.796. The van der Waals surface area contributed by atoms with Crippen LogP contribution in [0.3, 0.4) is 0 Å². The highest BCUT2D eigenvalue weighted by molar-refractivity contribution is 6.04. The number of aromatic carboxylic acids is 2. The van der Waals surface area contributed by atoms with Gasteiger partial charge < -0.3 is 15.3 Å². The Morgan fingerprint density at radius 3 is 1.82 bits per heavy atom. The maximum Gasteiger partial charge on any atom is 0.417 e. The highest BCUT2D eigenvalue weighted by atomic mass is 19.4. The monoisotopic (exact) mass is 250 g/mol. The molecule has 0 unspecified atom stereocenters. The molecule has 1 aromatic rings. The summed E-state index contributed by atoms with van der Waals surface area (Å²) in [7, 11) is 0. The standard InChI is InChI=1S/C9H5F3O5/c10-9(11,12)3-1-2-4(13)6(8(16)17)5(3)7(14)15/h1-2,13H,(H,14,15)(H,16,17). The van der Waals surface area contributed by atoms with Crippen molar-refractivity contribution in [1.29, 1.82) is 0 Å². The first-order valence-corrected chi connectivity index (χ1v) is 4.06. The van der Waals surface area contributed by atoms with E-state index in [4.69, 9.17) is 15.3 Å². The molecule has 1 rings (SSSR count). The lowest BCUT2D eigenvalue weighted by Gasteiger charge is -2.12. The van der Waals surface area contributed by atoms with Crippen LogP contribution in [-0.4, -0.2) is 27.3 Å². The van der Waals surface area contributed by atoms with E-state index in [1.165, 1.54) is 0 Å². The summed E-state index contributed by atoms with van der Waals surface area (Å²) in [5, 5.41) is 26.3. The van der Waals surface area contributed by atoms with Gasteiger partial charge in [-0.05, 0) is 12.1 Å². The van der Waals surface area contributed by atoms with Crippen LogP contribution in [0.15, 0.2) is 12.1 Å². The van der Waals surface area contributed by atoms with Crippen LogP contribution in [0.2, 0.25) is 0 Å². The Morgan fingerprint density at radius 2 is 1.47 bits per heavy atom. The quantitative estimate of drug-likeness (QED) is 0.743. The molecule has 92 valence electrons. The lowest BCUT2D eigenvalue weighted by molar-refractivity contribution is -0.138. The second kappa shape index (κ2) is 3.96. The molecule has 0 fully saturated rings. The highest BCUT2D eigenvalue weighted by Gasteiger charge is 2.38. The number of carboxylic acids is 2. The Labute approximate surface area is 91.7 Å².